The van der Waals surface area contributed by atoms with Crippen LogP contribution >= 0.6 is 0 Å². The highest BCUT2D eigenvalue weighted by molar-refractivity contribution is 5.51. The molecule has 1 unspecified atom stereocenters. The summed E-state index contributed by atoms with van der Waals surface area (Å²) >= 11 is 0. The average Bonchev–Trinajstić information content (AvgIpc) is 2.31. The summed E-state index contributed by atoms with van der Waals surface area (Å²) in [6.45, 7) is 4.09. The number of rotatable bonds is 2. The van der Waals surface area contributed by atoms with Gasteiger partial charge in [0.1, 0.15) is 0 Å². The molecule has 16 heavy (non-hydrogen) atoms. The predicted octanol–water partition coefficient (Wildman–Crippen LogP) is 2.04. The van der Waals surface area contributed by atoms with Crippen molar-refractivity contribution in [2.45, 2.75) is 32.4 Å². The Kier molecular flexibility index (Phi) is 3.17. The molecular weight excluding hydrogens is 196 g/mol. The molecule has 0 bridgehead atoms. The van der Waals surface area contributed by atoms with Gasteiger partial charge in [0.15, 0.2) is 0 Å². The molecule has 1 aromatic rings. The standard InChI is InChI=1S/C14H18N2/c1-3-12(4-2)16-9-8-13-11(10-16)6-5-7-14(13)15/h1,5-7,12H,4,8-10,15H2,2H3. The lowest BCUT2D eigenvalue weighted by molar-refractivity contribution is 0.212. The summed E-state index contributed by atoms with van der Waals surface area (Å²) in [6.07, 6.45) is 7.57. The summed E-state index contributed by atoms with van der Waals surface area (Å²) in [4.78, 5) is 2.36. The van der Waals surface area contributed by atoms with E-state index < -0.39 is 0 Å². The fourth-order valence-corrected chi connectivity index (χ4v) is 2.41. The van der Waals surface area contributed by atoms with E-state index >= 15 is 0 Å². The van der Waals surface area contributed by atoms with Gasteiger partial charge < -0.3 is 5.73 Å². The van der Waals surface area contributed by atoms with E-state index in [-0.39, 0.29) is 6.04 Å². The molecule has 0 saturated carbocycles. The molecular formula is C14H18N2. The van der Waals surface area contributed by atoms with Gasteiger partial charge in [-0.15, -0.1) is 6.42 Å². The SMILES string of the molecule is C#CC(CC)N1CCc2c(N)cccc2C1. The van der Waals surface area contributed by atoms with Crippen molar-refractivity contribution in [3.05, 3.63) is 29.3 Å². The van der Waals surface area contributed by atoms with Crippen LogP contribution in [0.3, 0.4) is 0 Å². The zero-order valence-electron chi connectivity index (χ0n) is 9.74. The van der Waals surface area contributed by atoms with Crippen LogP contribution in [0, 0.1) is 12.3 Å². The monoisotopic (exact) mass is 214 g/mol. The normalized spacial score (nSPS) is 17.5. The van der Waals surface area contributed by atoms with Crippen molar-refractivity contribution in [2.75, 3.05) is 12.3 Å². The van der Waals surface area contributed by atoms with Crippen LogP contribution in [0.2, 0.25) is 0 Å². The van der Waals surface area contributed by atoms with Crippen molar-refractivity contribution in [3.63, 3.8) is 0 Å². The van der Waals surface area contributed by atoms with Crippen LogP contribution in [0.25, 0.3) is 0 Å². The van der Waals surface area contributed by atoms with Crippen molar-refractivity contribution in [2.24, 2.45) is 0 Å². The van der Waals surface area contributed by atoms with E-state index in [1.54, 1.807) is 0 Å². The van der Waals surface area contributed by atoms with Crippen molar-refractivity contribution in [3.8, 4) is 12.3 Å². The Labute approximate surface area is 97.4 Å². The van der Waals surface area contributed by atoms with Gasteiger partial charge in [-0.05, 0) is 30.0 Å². The van der Waals surface area contributed by atoms with Crippen LogP contribution in [0.5, 0.6) is 0 Å². The molecule has 0 saturated heterocycles. The molecule has 84 valence electrons. The summed E-state index contributed by atoms with van der Waals surface area (Å²) in [5.74, 6) is 2.86. The Morgan fingerprint density at radius 2 is 2.38 bits per heavy atom. The Morgan fingerprint density at radius 3 is 3.06 bits per heavy atom. The van der Waals surface area contributed by atoms with E-state index in [1.807, 2.05) is 12.1 Å². The second-order valence-electron chi connectivity index (χ2n) is 4.30. The van der Waals surface area contributed by atoms with Crippen LogP contribution < -0.4 is 5.73 Å². The van der Waals surface area contributed by atoms with Crippen LogP contribution in [0.15, 0.2) is 18.2 Å². The zero-order chi connectivity index (χ0) is 11.5. The first-order valence-corrected chi connectivity index (χ1v) is 5.82. The Balaban J connectivity index is 2.22. The van der Waals surface area contributed by atoms with Gasteiger partial charge in [-0.3, -0.25) is 4.90 Å². The number of fused-ring (bicyclic) bond motifs is 1. The fourth-order valence-electron chi connectivity index (χ4n) is 2.41. The molecule has 1 aliphatic rings. The molecule has 0 radical (unpaired) electrons. The van der Waals surface area contributed by atoms with E-state index in [1.165, 1.54) is 11.1 Å². The van der Waals surface area contributed by atoms with Gasteiger partial charge in [-0.1, -0.05) is 25.0 Å². The molecule has 0 amide bonds. The minimum atomic E-state index is 0.259. The van der Waals surface area contributed by atoms with Crippen molar-refractivity contribution >= 4 is 5.69 Å². The van der Waals surface area contributed by atoms with Crippen LogP contribution in [0.1, 0.15) is 24.5 Å². The topological polar surface area (TPSA) is 29.3 Å². The third kappa shape index (κ3) is 1.91. The summed E-state index contributed by atoms with van der Waals surface area (Å²) in [7, 11) is 0. The number of nitrogen functional groups attached to an aromatic ring is 1. The number of nitrogens with two attached hydrogens (primary N) is 1. The summed E-state index contributed by atoms with van der Waals surface area (Å²) < 4.78 is 0. The van der Waals surface area contributed by atoms with E-state index in [2.05, 4.69) is 23.8 Å². The lowest BCUT2D eigenvalue weighted by Crippen LogP contribution is -2.38. The first-order chi connectivity index (χ1) is 7.76. The number of benzene rings is 1. The maximum atomic E-state index is 5.97. The van der Waals surface area contributed by atoms with E-state index in [9.17, 15) is 0 Å². The first kappa shape index (κ1) is 11.0. The maximum Gasteiger partial charge on any atom is 0.0712 e. The molecule has 0 fully saturated rings. The second-order valence-corrected chi connectivity index (χ2v) is 4.30. The largest absolute Gasteiger partial charge is 0.398 e. The fraction of sp³-hybridized carbons (Fsp3) is 0.429. The number of hydrogen-bond donors (Lipinski definition) is 1. The molecule has 0 aromatic heterocycles. The van der Waals surface area contributed by atoms with Gasteiger partial charge in [0.2, 0.25) is 0 Å². The second kappa shape index (κ2) is 4.59. The summed E-state index contributed by atoms with van der Waals surface area (Å²) in [5.41, 5.74) is 9.54. The molecule has 1 atom stereocenters. The first-order valence-electron chi connectivity index (χ1n) is 5.82. The Morgan fingerprint density at radius 1 is 1.56 bits per heavy atom. The summed E-state index contributed by atoms with van der Waals surface area (Å²) in [6, 6.07) is 6.41. The maximum absolute atomic E-state index is 5.97. The zero-order valence-corrected chi connectivity index (χ0v) is 9.74. The average molecular weight is 214 g/mol. The smallest absolute Gasteiger partial charge is 0.0712 e. The molecule has 0 spiro atoms. The third-order valence-electron chi connectivity index (χ3n) is 3.35. The number of nitrogens with zero attached hydrogens (tertiary/aromatic N) is 1. The molecule has 2 nitrogen and oxygen atoms in total. The number of terminal acetylenes is 1. The van der Waals surface area contributed by atoms with Crippen LogP contribution in [-0.4, -0.2) is 17.5 Å². The van der Waals surface area contributed by atoms with Gasteiger partial charge in [-0.2, -0.15) is 0 Å². The quantitative estimate of drug-likeness (QED) is 0.603. The van der Waals surface area contributed by atoms with Crippen LogP contribution in [-0.2, 0) is 13.0 Å². The molecule has 2 rings (SSSR count). The van der Waals surface area contributed by atoms with Crippen molar-refractivity contribution in [1.82, 2.24) is 4.90 Å². The van der Waals surface area contributed by atoms with Gasteiger partial charge in [-0.25, -0.2) is 0 Å². The van der Waals surface area contributed by atoms with E-state index in [0.29, 0.717) is 0 Å². The van der Waals surface area contributed by atoms with E-state index in [0.717, 1.165) is 31.6 Å². The van der Waals surface area contributed by atoms with Gasteiger partial charge in [0.05, 0.1) is 6.04 Å². The third-order valence-corrected chi connectivity index (χ3v) is 3.35. The summed E-state index contributed by atoms with van der Waals surface area (Å²) in [5, 5.41) is 0. The van der Waals surface area contributed by atoms with Crippen molar-refractivity contribution < 1.29 is 0 Å². The molecule has 0 aliphatic carbocycles. The Bertz CT molecular complexity index is 417. The predicted molar refractivity (Wildman–Crippen MR) is 67.9 cm³/mol. The van der Waals surface area contributed by atoms with Crippen LogP contribution in [0.4, 0.5) is 5.69 Å². The number of hydrogen-bond acceptors (Lipinski definition) is 2. The van der Waals surface area contributed by atoms with E-state index in [4.69, 9.17) is 12.2 Å². The molecule has 1 aromatic carbocycles. The molecule has 2 N–H and O–H groups in total. The molecule has 1 heterocycles. The Hall–Kier alpha value is -1.46. The van der Waals surface area contributed by atoms with Gasteiger partial charge in [0.25, 0.3) is 0 Å². The number of anilines is 1. The van der Waals surface area contributed by atoms with Gasteiger partial charge in [0, 0.05) is 18.8 Å². The molecule has 2 heteroatoms. The minimum absolute atomic E-state index is 0.259. The lowest BCUT2D eigenvalue weighted by Gasteiger charge is -2.33. The van der Waals surface area contributed by atoms with Crippen molar-refractivity contribution in [1.29, 1.82) is 0 Å². The highest BCUT2D eigenvalue weighted by Crippen LogP contribution is 2.25. The highest BCUT2D eigenvalue weighted by Gasteiger charge is 2.21. The highest BCUT2D eigenvalue weighted by atomic mass is 15.2. The minimum Gasteiger partial charge on any atom is -0.398 e. The lowest BCUT2D eigenvalue weighted by atomic mass is 9.96. The molecule has 1 aliphatic heterocycles. The van der Waals surface area contributed by atoms with Gasteiger partial charge >= 0.3 is 0 Å².